The summed E-state index contributed by atoms with van der Waals surface area (Å²) in [6.07, 6.45) is -0.936. The van der Waals surface area contributed by atoms with Crippen molar-refractivity contribution >= 4 is 29.4 Å². The summed E-state index contributed by atoms with van der Waals surface area (Å²) in [5.41, 5.74) is -0.491. The summed E-state index contributed by atoms with van der Waals surface area (Å²) in [6.45, 7) is 4.96. The largest absolute Gasteiger partial charge is 0.463 e. The fourth-order valence-corrected chi connectivity index (χ4v) is 4.62. The molecule has 3 aliphatic heterocycles. The molecule has 0 N–H and O–H groups in total. The molecule has 0 saturated carbocycles. The van der Waals surface area contributed by atoms with Gasteiger partial charge < -0.3 is 9.47 Å². The molecule has 7 heteroatoms. The van der Waals surface area contributed by atoms with Crippen molar-refractivity contribution in [2.45, 2.75) is 26.9 Å². The molecular weight excluding hydrogens is 350 g/mol. The van der Waals surface area contributed by atoms with Crippen molar-refractivity contribution in [3.63, 3.8) is 0 Å². The van der Waals surface area contributed by atoms with Crippen LogP contribution in [0.4, 0.5) is 5.69 Å². The van der Waals surface area contributed by atoms with Gasteiger partial charge in [-0.1, -0.05) is 18.2 Å². The summed E-state index contributed by atoms with van der Waals surface area (Å²) in [4.78, 5) is 52.8. The number of carbonyl (C=O) groups excluding carboxylic acids is 4. The zero-order chi connectivity index (χ0) is 19.5. The quantitative estimate of drug-likeness (QED) is 0.594. The third kappa shape index (κ3) is 2.08. The fraction of sp³-hybridized carbons (Fsp3) is 0.400. The van der Waals surface area contributed by atoms with E-state index in [-0.39, 0.29) is 12.2 Å². The molecule has 0 unspecified atom stereocenters. The topological polar surface area (TPSA) is 90.0 Å². The van der Waals surface area contributed by atoms with E-state index < -0.39 is 47.1 Å². The van der Waals surface area contributed by atoms with Gasteiger partial charge in [-0.15, -0.1) is 0 Å². The average molecular weight is 369 g/mol. The second-order valence-corrected chi connectivity index (χ2v) is 7.16. The van der Waals surface area contributed by atoms with Crippen LogP contribution in [0.1, 0.15) is 20.8 Å². The Morgan fingerprint density at radius 2 is 1.85 bits per heavy atom. The summed E-state index contributed by atoms with van der Waals surface area (Å²) < 4.78 is 10.6. The molecule has 2 fully saturated rings. The molecule has 140 valence electrons. The highest BCUT2D eigenvalue weighted by Crippen LogP contribution is 2.58. The van der Waals surface area contributed by atoms with E-state index in [9.17, 15) is 19.2 Å². The summed E-state index contributed by atoms with van der Waals surface area (Å²) in [7, 11) is 0. The minimum Gasteiger partial charge on any atom is -0.463 e. The number of carbonyl (C=O) groups is 4. The van der Waals surface area contributed by atoms with E-state index in [0.717, 1.165) is 4.90 Å². The Balaban J connectivity index is 1.87. The van der Waals surface area contributed by atoms with Gasteiger partial charge in [0.25, 0.3) is 0 Å². The van der Waals surface area contributed by atoms with E-state index in [1.54, 1.807) is 44.2 Å². The van der Waals surface area contributed by atoms with E-state index in [1.807, 2.05) is 0 Å². The lowest BCUT2D eigenvalue weighted by molar-refractivity contribution is -0.184. The molecule has 0 aromatic heterocycles. The number of ether oxygens (including phenoxy) is 2. The van der Waals surface area contributed by atoms with Gasteiger partial charge in [-0.2, -0.15) is 0 Å². The minimum absolute atomic E-state index is 0.141. The molecule has 27 heavy (non-hydrogen) atoms. The first kappa shape index (κ1) is 17.5. The molecule has 2 bridgehead atoms. The van der Waals surface area contributed by atoms with Crippen LogP contribution in [0.25, 0.3) is 0 Å². The van der Waals surface area contributed by atoms with Gasteiger partial charge in [-0.3, -0.25) is 14.4 Å². The van der Waals surface area contributed by atoms with Gasteiger partial charge in [0.05, 0.1) is 29.7 Å². The van der Waals surface area contributed by atoms with Crippen molar-refractivity contribution in [1.82, 2.24) is 0 Å². The first-order valence-electron chi connectivity index (χ1n) is 8.86. The molecular formula is C20H19NO6. The van der Waals surface area contributed by atoms with E-state index in [2.05, 4.69) is 0 Å². The maximum absolute atomic E-state index is 13.2. The smallest absolute Gasteiger partial charge is 0.335 e. The number of benzene rings is 1. The highest BCUT2D eigenvalue weighted by Gasteiger charge is 2.71. The average Bonchev–Trinajstić information content (AvgIpc) is 2.90. The Hall–Kier alpha value is -2.96. The van der Waals surface area contributed by atoms with Gasteiger partial charge in [0.2, 0.25) is 11.8 Å². The molecule has 0 radical (unpaired) electrons. The number of nitrogens with zero attached hydrogens (tertiary/aromatic N) is 1. The second-order valence-electron chi connectivity index (χ2n) is 7.16. The van der Waals surface area contributed by atoms with Gasteiger partial charge in [-0.25, -0.2) is 9.69 Å². The predicted molar refractivity (Wildman–Crippen MR) is 93.2 cm³/mol. The van der Waals surface area contributed by atoms with Crippen LogP contribution >= 0.6 is 0 Å². The monoisotopic (exact) mass is 369 g/mol. The number of anilines is 1. The van der Waals surface area contributed by atoms with Crippen molar-refractivity contribution in [2.24, 2.45) is 17.3 Å². The summed E-state index contributed by atoms with van der Waals surface area (Å²) in [5, 5.41) is 0. The number of amides is 2. The first-order valence-corrected chi connectivity index (χ1v) is 8.86. The number of fused-ring (bicyclic) bond motifs is 1. The van der Waals surface area contributed by atoms with E-state index in [0.29, 0.717) is 11.3 Å². The van der Waals surface area contributed by atoms with Crippen molar-refractivity contribution < 1.29 is 28.7 Å². The molecule has 7 nitrogen and oxygen atoms in total. The maximum Gasteiger partial charge on any atom is 0.335 e. The van der Waals surface area contributed by atoms with Crippen molar-refractivity contribution in [3.8, 4) is 0 Å². The Bertz CT molecular complexity index is 904. The van der Waals surface area contributed by atoms with Crippen LogP contribution in [0.3, 0.4) is 0 Å². The number of para-hydroxylation sites is 1. The molecule has 3 heterocycles. The third-order valence-corrected chi connectivity index (χ3v) is 5.79. The van der Waals surface area contributed by atoms with Crippen LogP contribution in [-0.2, 0) is 28.7 Å². The SMILES string of the molecule is CCOC(=O)C1=C(C)[C@H]2OC(=O)[C@@]1(C)[C@H]1C(=O)N(c3ccccc3)C(=O)[C@H]21. The molecule has 2 amide bonds. The Morgan fingerprint density at radius 1 is 1.19 bits per heavy atom. The minimum atomic E-state index is -1.55. The summed E-state index contributed by atoms with van der Waals surface area (Å²) in [6, 6.07) is 8.55. The molecule has 2 saturated heterocycles. The summed E-state index contributed by atoms with van der Waals surface area (Å²) >= 11 is 0. The van der Waals surface area contributed by atoms with Gasteiger partial charge >= 0.3 is 11.9 Å². The zero-order valence-electron chi connectivity index (χ0n) is 15.2. The normalized spacial score (nSPS) is 31.9. The lowest BCUT2D eigenvalue weighted by Gasteiger charge is -2.48. The predicted octanol–water partition coefficient (Wildman–Crippen LogP) is 1.62. The van der Waals surface area contributed by atoms with Crippen molar-refractivity contribution in [3.05, 3.63) is 41.5 Å². The van der Waals surface area contributed by atoms with Crippen LogP contribution in [0, 0.1) is 17.3 Å². The zero-order valence-corrected chi connectivity index (χ0v) is 15.2. The highest BCUT2D eigenvalue weighted by atomic mass is 16.6. The maximum atomic E-state index is 13.2. The molecule has 4 aliphatic rings. The van der Waals surface area contributed by atoms with Crippen LogP contribution in [0.2, 0.25) is 0 Å². The number of rotatable bonds is 3. The molecule has 1 aliphatic carbocycles. The molecule has 1 aromatic rings. The van der Waals surface area contributed by atoms with E-state index in [1.165, 1.54) is 6.92 Å². The number of hydrogen-bond acceptors (Lipinski definition) is 6. The van der Waals surface area contributed by atoms with Crippen LogP contribution < -0.4 is 4.90 Å². The molecule has 5 rings (SSSR count). The lowest BCUT2D eigenvalue weighted by atomic mass is 9.57. The highest BCUT2D eigenvalue weighted by molar-refractivity contribution is 6.25. The first-order chi connectivity index (χ1) is 12.8. The standard InChI is InChI=1S/C20H19NO6/c1-4-26-18(24)13-10(2)15-12-14(20(13,3)19(25)27-15)17(23)21(16(12)22)11-8-6-5-7-9-11/h5-9,12,14-15H,4H2,1-3H3/t12-,14+,15+,20+/m0/s1. The molecule has 0 spiro atoms. The van der Waals surface area contributed by atoms with Gasteiger partial charge in [-0.05, 0) is 38.5 Å². The summed E-state index contributed by atoms with van der Waals surface area (Å²) in [5.74, 6) is -4.04. The van der Waals surface area contributed by atoms with Crippen molar-refractivity contribution in [2.75, 3.05) is 11.5 Å². The van der Waals surface area contributed by atoms with E-state index >= 15 is 0 Å². The number of esters is 2. The number of hydrogen-bond donors (Lipinski definition) is 0. The molecule has 4 atom stereocenters. The molecule has 1 aromatic carbocycles. The fourth-order valence-electron chi connectivity index (χ4n) is 4.62. The third-order valence-electron chi connectivity index (χ3n) is 5.79. The van der Waals surface area contributed by atoms with Crippen LogP contribution in [0.5, 0.6) is 0 Å². The van der Waals surface area contributed by atoms with Crippen LogP contribution in [0.15, 0.2) is 41.5 Å². The lowest BCUT2D eigenvalue weighted by Crippen LogP contribution is -2.60. The van der Waals surface area contributed by atoms with Gasteiger partial charge in [0.1, 0.15) is 11.5 Å². The van der Waals surface area contributed by atoms with Gasteiger partial charge in [0, 0.05) is 0 Å². The Morgan fingerprint density at radius 3 is 2.48 bits per heavy atom. The number of imide groups is 1. The Labute approximate surface area is 155 Å². The van der Waals surface area contributed by atoms with Crippen LogP contribution in [-0.4, -0.2) is 36.5 Å². The van der Waals surface area contributed by atoms with Crippen molar-refractivity contribution in [1.29, 1.82) is 0 Å². The van der Waals surface area contributed by atoms with E-state index in [4.69, 9.17) is 9.47 Å². The second kappa shape index (κ2) is 5.77. The van der Waals surface area contributed by atoms with Gasteiger partial charge in [0.15, 0.2) is 0 Å². The Kier molecular flexibility index (Phi) is 3.73.